The molecule has 1 heterocycles. The number of nitrogens with one attached hydrogen (secondary N) is 3. The highest BCUT2D eigenvalue weighted by Crippen LogP contribution is 2.29. The highest BCUT2D eigenvalue weighted by molar-refractivity contribution is 7.80. The Balaban J connectivity index is 1.84. The van der Waals surface area contributed by atoms with Gasteiger partial charge in [0.05, 0.1) is 37.7 Å². The normalized spacial score (nSPS) is 13.1. The topological polar surface area (TPSA) is 118 Å². The van der Waals surface area contributed by atoms with Gasteiger partial charge in [-0.05, 0) is 36.5 Å². The smallest absolute Gasteiger partial charge is 0.355 e. The summed E-state index contributed by atoms with van der Waals surface area (Å²) in [5, 5.41) is 3.11. The predicted molar refractivity (Wildman–Crippen MR) is 124 cm³/mol. The van der Waals surface area contributed by atoms with Gasteiger partial charge in [-0.3, -0.25) is 15.6 Å². The summed E-state index contributed by atoms with van der Waals surface area (Å²) < 4.78 is 15.1. The summed E-state index contributed by atoms with van der Waals surface area (Å²) in [6.45, 7) is -0.223. The molecule has 1 aliphatic heterocycles. The third-order valence-electron chi connectivity index (χ3n) is 4.59. The number of rotatable bonds is 5. The standard InChI is InChI=1S/C22H22N4O6S/c1-30-20(28)16-12-32-13-26(18(16)21(29)31-2)17-11-7-6-10-15(17)19(27)24-25-22(33)23-14-8-4-3-5-9-14/h3-11H,12-13H2,1-2H3,(H,24,27)(H2,23,25,33). The van der Waals surface area contributed by atoms with Crippen LogP contribution in [0.3, 0.4) is 0 Å². The molecule has 0 radical (unpaired) electrons. The minimum absolute atomic E-state index is 0.0165. The van der Waals surface area contributed by atoms with Gasteiger partial charge in [-0.2, -0.15) is 0 Å². The molecule has 0 saturated carbocycles. The number of benzene rings is 2. The molecule has 3 rings (SSSR count). The molecule has 0 bridgehead atoms. The Kier molecular flexibility index (Phi) is 7.95. The number of esters is 2. The van der Waals surface area contributed by atoms with Gasteiger partial charge in [-0.25, -0.2) is 9.59 Å². The molecule has 0 unspecified atom stereocenters. The van der Waals surface area contributed by atoms with Crippen molar-refractivity contribution < 1.29 is 28.6 Å². The summed E-state index contributed by atoms with van der Waals surface area (Å²) in [6.07, 6.45) is 0. The Morgan fingerprint density at radius 2 is 1.61 bits per heavy atom. The van der Waals surface area contributed by atoms with Crippen LogP contribution in [0.2, 0.25) is 0 Å². The zero-order chi connectivity index (χ0) is 23.8. The summed E-state index contributed by atoms with van der Waals surface area (Å²) in [6, 6.07) is 15.7. The van der Waals surface area contributed by atoms with Gasteiger partial charge in [-0.1, -0.05) is 30.3 Å². The van der Waals surface area contributed by atoms with Crippen molar-refractivity contribution >= 4 is 46.6 Å². The molecule has 2 aromatic carbocycles. The van der Waals surface area contributed by atoms with Crippen molar-refractivity contribution in [1.82, 2.24) is 10.9 Å². The van der Waals surface area contributed by atoms with E-state index in [2.05, 4.69) is 16.2 Å². The molecule has 172 valence electrons. The van der Waals surface area contributed by atoms with Crippen molar-refractivity contribution in [2.45, 2.75) is 0 Å². The number of ether oxygens (including phenoxy) is 3. The number of hydrazine groups is 1. The number of thiocarbonyl (C=S) groups is 1. The molecular formula is C22H22N4O6S. The minimum Gasteiger partial charge on any atom is -0.466 e. The lowest BCUT2D eigenvalue weighted by molar-refractivity contribution is -0.140. The lowest BCUT2D eigenvalue weighted by Gasteiger charge is -2.32. The Bertz CT molecular complexity index is 1090. The number of para-hydroxylation sites is 2. The fourth-order valence-corrected chi connectivity index (χ4v) is 3.27. The summed E-state index contributed by atoms with van der Waals surface area (Å²) >= 11 is 5.20. The van der Waals surface area contributed by atoms with Crippen LogP contribution in [-0.2, 0) is 23.8 Å². The third kappa shape index (κ3) is 5.64. The first-order chi connectivity index (χ1) is 16.0. The highest BCUT2D eigenvalue weighted by Gasteiger charge is 2.34. The fraction of sp³-hybridized carbons (Fsp3) is 0.182. The molecule has 11 heteroatoms. The van der Waals surface area contributed by atoms with Crippen molar-refractivity contribution in [3.8, 4) is 0 Å². The summed E-state index contributed by atoms with van der Waals surface area (Å²) in [4.78, 5) is 39.1. The molecular weight excluding hydrogens is 448 g/mol. The molecule has 0 fully saturated rings. The lowest BCUT2D eigenvalue weighted by Crippen LogP contribution is -2.45. The van der Waals surface area contributed by atoms with Crippen molar-refractivity contribution in [3.05, 3.63) is 71.4 Å². The van der Waals surface area contributed by atoms with Gasteiger partial charge in [0, 0.05) is 5.69 Å². The number of hydrogen-bond donors (Lipinski definition) is 3. The van der Waals surface area contributed by atoms with Crippen LogP contribution in [0.1, 0.15) is 10.4 Å². The Morgan fingerprint density at radius 3 is 2.30 bits per heavy atom. The Morgan fingerprint density at radius 1 is 0.939 bits per heavy atom. The van der Waals surface area contributed by atoms with Gasteiger partial charge in [-0.15, -0.1) is 0 Å². The van der Waals surface area contributed by atoms with E-state index in [9.17, 15) is 14.4 Å². The maximum atomic E-state index is 12.9. The van der Waals surface area contributed by atoms with Crippen molar-refractivity contribution in [1.29, 1.82) is 0 Å². The first-order valence-electron chi connectivity index (χ1n) is 9.72. The molecule has 1 amide bonds. The maximum Gasteiger partial charge on any atom is 0.355 e. The van der Waals surface area contributed by atoms with E-state index in [4.69, 9.17) is 26.4 Å². The van der Waals surface area contributed by atoms with Gasteiger partial charge >= 0.3 is 11.9 Å². The quantitative estimate of drug-likeness (QED) is 0.339. The third-order valence-corrected chi connectivity index (χ3v) is 4.80. The average molecular weight is 471 g/mol. The lowest BCUT2D eigenvalue weighted by atomic mass is 10.1. The molecule has 10 nitrogen and oxygen atoms in total. The van der Waals surface area contributed by atoms with Crippen molar-refractivity contribution in [2.24, 2.45) is 0 Å². The second-order valence-electron chi connectivity index (χ2n) is 6.63. The van der Waals surface area contributed by atoms with Gasteiger partial charge in [0.15, 0.2) is 5.11 Å². The van der Waals surface area contributed by atoms with E-state index >= 15 is 0 Å². The molecule has 33 heavy (non-hydrogen) atoms. The minimum atomic E-state index is -0.764. The second-order valence-corrected chi connectivity index (χ2v) is 7.04. The zero-order valence-corrected chi connectivity index (χ0v) is 18.7. The van der Waals surface area contributed by atoms with E-state index in [0.29, 0.717) is 5.69 Å². The van der Waals surface area contributed by atoms with Gasteiger partial charge < -0.3 is 24.4 Å². The van der Waals surface area contributed by atoms with Crippen LogP contribution in [0.4, 0.5) is 11.4 Å². The van der Waals surface area contributed by atoms with E-state index in [0.717, 1.165) is 5.69 Å². The van der Waals surface area contributed by atoms with Gasteiger partial charge in [0.1, 0.15) is 12.4 Å². The Hall–Kier alpha value is -3.96. The molecule has 0 atom stereocenters. The average Bonchev–Trinajstić information content (AvgIpc) is 2.86. The molecule has 0 aromatic heterocycles. The van der Waals surface area contributed by atoms with E-state index in [1.54, 1.807) is 24.3 Å². The number of methoxy groups -OCH3 is 2. The predicted octanol–water partition coefficient (Wildman–Crippen LogP) is 1.71. The Labute approximate surface area is 195 Å². The van der Waals surface area contributed by atoms with E-state index in [1.807, 2.05) is 30.3 Å². The van der Waals surface area contributed by atoms with Crippen LogP contribution >= 0.6 is 12.2 Å². The number of nitrogens with zero attached hydrogens (tertiary/aromatic N) is 1. The van der Waals surface area contributed by atoms with Crippen molar-refractivity contribution in [3.63, 3.8) is 0 Å². The van der Waals surface area contributed by atoms with E-state index in [-0.39, 0.29) is 35.3 Å². The molecule has 0 spiro atoms. The summed E-state index contributed by atoms with van der Waals surface area (Å²) in [5.41, 5.74) is 6.34. The number of carbonyl (C=O) groups is 3. The van der Waals surface area contributed by atoms with Crippen LogP contribution in [0.5, 0.6) is 0 Å². The second kappa shape index (κ2) is 11.1. The van der Waals surface area contributed by atoms with Crippen LogP contribution in [0.25, 0.3) is 0 Å². The summed E-state index contributed by atoms with van der Waals surface area (Å²) in [5.74, 6) is -2.03. The maximum absolute atomic E-state index is 12.9. The van der Waals surface area contributed by atoms with Crippen molar-refractivity contribution in [2.75, 3.05) is 37.8 Å². The molecule has 0 saturated heterocycles. The summed E-state index contributed by atoms with van der Waals surface area (Å²) in [7, 11) is 2.39. The number of amides is 1. The number of anilines is 2. The molecule has 2 aromatic rings. The molecule has 3 N–H and O–H groups in total. The van der Waals surface area contributed by atoms with E-state index < -0.39 is 17.8 Å². The largest absolute Gasteiger partial charge is 0.466 e. The highest BCUT2D eigenvalue weighted by atomic mass is 32.1. The SMILES string of the molecule is COC(=O)C1=C(C(=O)OC)N(c2ccccc2C(=O)NNC(=S)Nc2ccccc2)COC1. The monoisotopic (exact) mass is 470 g/mol. The first-order valence-corrected chi connectivity index (χ1v) is 10.1. The first kappa shape index (κ1) is 23.7. The molecule has 1 aliphatic rings. The van der Waals surface area contributed by atoms with Crippen LogP contribution < -0.4 is 21.1 Å². The van der Waals surface area contributed by atoms with Crippen LogP contribution in [0, 0.1) is 0 Å². The van der Waals surface area contributed by atoms with Crippen LogP contribution in [-0.4, -0.2) is 50.5 Å². The van der Waals surface area contributed by atoms with Gasteiger partial charge in [0.25, 0.3) is 5.91 Å². The fourth-order valence-electron chi connectivity index (χ4n) is 3.10. The van der Waals surface area contributed by atoms with E-state index in [1.165, 1.54) is 19.1 Å². The number of hydrogen-bond acceptors (Lipinski definition) is 8. The molecule has 0 aliphatic carbocycles. The number of carbonyl (C=O) groups excluding carboxylic acids is 3. The van der Waals surface area contributed by atoms with Crippen LogP contribution in [0.15, 0.2) is 65.9 Å². The van der Waals surface area contributed by atoms with Gasteiger partial charge in [0.2, 0.25) is 0 Å². The zero-order valence-electron chi connectivity index (χ0n) is 17.9.